The predicted molar refractivity (Wildman–Crippen MR) is 94.7 cm³/mol. The maximum Gasteiger partial charge on any atom is 0.345 e. The fourth-order valence-corrected chi connectivity index (χ4v) is 2.91. The molecular weight excluding hydrogens is 318 g/mol. The maximum absolute atomic E-state index is 12.5. The minimum Gasteiger partial charge on any atom is -0.462 e. The molecule has 0 unspecified atom stereocenters. The first-order valence-corrected chi connectivity index (χ1v) is 7.95. The summed E-state index contributed by atoms with van der Waals surface area (Å²) in [5.74, 6) is -0.671. The van der Waals surface area contributed by atoms with Gasteiger partial charge in [0.25, 0.3) is 5.56 Å². The zero-order valence-electron chi connectivity index (χ0n) is 13.5. The van der Waals surface area contributed by atoms with Crippen LogP contribution < -0.4 is 5.56 Å². The first-order chi connectivity index (χ1) is 12.2. The molecule has 25 heavy (non-hydrogen) atoms. The number of rotatable bonds is 3. The molecule has 0 bridgehead atoms. The first kappa shape index (κ1) is 15.1. The topological polar surface area (TPSA) is 76.5 Å². The Labute approximate surface area is 142 Å². The van der Waals surface area contributed by atoms with Gasteiger partial charge in [-0.3, -0.25) is 9.89 Å². The van der Waals surface area contributed by atoms with Crippen LogP contribution in [0.15, 0.2) is 59.5 Å². The predicted octanol–water partition coefficient (Wildman–Crippen LogP) is 3.02. The van der Waals surface area contributed by atoms with Crippen LogP contribution in [0.2, 0.25) is 0 Å². The Balaban J connectivity index is 1.91. The zero-order chi connectivity index (χ0) is 17.4. The standard InChI is InChI=1S/C19H15N3O3/c1-2-25-19(24)15-11-20-17-10-16(21-22(17)18(15)23)14-9-5-7-12-6-3-4-8-13(12)14/h3-11,21H,2H2,1H3. The molecule has 0 saturated heterocycles. The van der Waals surface area contributed by atoms with Crippen molar-refractivity contribution in [3.63, 3.8) is 0 Å². The zero-order valence-corrected chi connectivity index (χ0v) is 13.5. The van der Waals surface area contributed by atoms with Crippen molar-refractivity contribution in [1.82, 2.24) is 14.6 Å². The minimum absolute atomic E-state index is 0.0920. The molecule has 0 radical (unpaired) electrons. The highest BCUT2D eigenvalue weighted by molar-refractivity contribution is 5.96. The molecule has 2 heterocycles. The van der Waals surface area contributed by atoms with E-state index in [4.69, 9.17) is 4.74 Å². The molecule has 124 valence electrons. The van der Waals surface area contributed by atoms with Gasteiger partial charge < -0.3 is 4.74 Å². The van der Waals surface area contributed by atoms with Gasteiger partial charge in [-0.25, -0.2) is 14.3 Å². The number of aromatic amines is 1. The summed E-state index contributed by atoms with van der Waals surface area (Å²) in [4.78, 5) is 28.6. The van der Waals surface area contributed by atoms with E-state index in [-0.39, 0.29) is 12.2 Å². The minimum atomic E-state index is -0.671. The quantitative estimate of drug-likeness (QED) is 0.585. The van der Waals surface area contributed by atoms with Crippen molar-refractivity contribution in [2.75, 3.05) is 6.61 Å². The summed E-state index contributed by atoms with van der Waals surface area (Å²) in [6.45, 7) is 1.89. The lowest BCUT2D eigenvalue weighted by atomic mass is 10.0. The van der Waals surface area contributed by atoms with E-state index in [9.17, 15) is 9.59 Å². The van der Waals surface area contributed by atoms with Crippen molar-refractivity contribution in [3.05, 3.63) is 70.6 Å². The Morgan fingerprint density at radius 1 is 1.20 bits per heavy atom. The van der Waals surface area contributed by atoms with Gasteiger partial charge in [0.15, 0.2) is 5.65 Å². The number of ether oxygens (including phenoxy) is 1. The van der Waals surface area contributed by atoms with E-state index >= 15 is 0 Å². The van der Waals surface area contributed by atoms with Crippen molar-refractivity contribution in [2.24, 2.45) is 0 Å². The van der Waals surface area contributed by atoms with Crippen molar-refractivity contribution >= 4 is 22.4 Å². The van der Waals surface area contributed by atoms with Gasteiger partial charge in [0.1, 0.15) is 5.56 Å². The van der Waals surface area contributed by atoms with Gasteiger partial charge >= 0.3 is 5.97 Å². The second-order valence-corrected chi connectivity index (χ2v) is 5.59. The molecule has 0 amide bonds. The lowest BCUT2D eigenvalue weighted by Gasteiger charge is -2.04. The van der Waals surface area contributed by atoms with Crippen LogP contribution in [-0.4, -0.2) is 27.2 Å². The van der Waals surface area contributed by atoms with Crippen molar-refractivity contribution in [1.29, 1.82) is 0 Å². The number of H-pyrrole nitrogens is 1. The number of nitrogens with zero attached hydrogens (tertiary/aromatic N) is 2. The number of hydrogen-bond donors (Lipinski definition) is 1. The molecule has 0 atom stereocenters. The summed E-state index contributed by atoms with van der Waals surface area (Å²) in [6, 6.07) is 15.8. The molecule has 0 aliphatic carbocycles. The van der Waals surface area contributed by atoms with Crippen LogP contribution in [0.1, 0.15) is 17.3 Å². The Morgan fingerprint density at radius 3 is 2.84 bits per heavy atom. The molecule has 0 aliphatic rings. The molecule has 6 nitrogen and oxygen atoms in total. The Morgan fingerprint density at radius 2 is 2.00 bits per heavy atom. The van der Waals surface area contributed by atoms with E-state index in [1.807, 2.05) is 42.5 Å². The molecule has 4 rings (SSSR count). The average molecular weight is 333 g/mol. The van der Waals surface area contributed by atoms with E-state index in [1.165, 1.54) is 10.7 Å². The van der Waals surface area contributed by atoms with E-state index in [0.717, 1.165) is 22.0 Å². The van der Waals surface area contributed by atoms with Gasteiger partial charge in [0.2, 0.25) is 0 Å². The fraction of sp³-hybridized carbons (Fsp3) is 0.105. The SMILES string of the molecule is CCOC(=O)c1cnc2cc(-c3cccc4ccccc34)[nH]n2c1=O. The maximum atomic E-state index is 12.5. The third-order valence-electron chi connectivity index (χ3n) is 4.07. The van der Waals surface area contributed by atoms with Crippen LogP contribution in [-0.2, 0) is 4.74 Å². The summed E-state index contributed by atoms with van der Waals surface area (Å²) in [7, 11) is 0. The number of carbonyl (C=O) groups excluding carboxylic acids is 1. The number of aromatic nitrogens is 3. The number of esters is 1. The van der Waals surface area contributed by atoms with Crippen molar-refractivity contribution in [2.45, 2.75) is 6.92 Å². The van der Waals surface area contributed by atoms with E-state index in [1.54, 1.807) is 13.0 Å². The second kappa shape index (κ2) is 5.90. The van der Waals surface area contributed by atoms with Crippen LogP contribution in [0.4, 0.5) is 0 Å². The summed E-state index contributed by atoms with van der Waals surface area (Å²) < 4.78 is 6.17. The molecule has 0 aliphatic heterocycles. The van der Waals surface area contributed by atoms with Crippen LogP contribution in [0.3, 0.4) is 0 Å². The molecule has 6 heteroatoms. The molecule has 4 aromatic rings. The second-order valence-electron chi connectivity index (χ2n) is 5.59. The Kier molecular flexibility index (Phi) is 3.57. The number of carbonyl (C=O) groups is 1. The van der Waals surface area contributed by atoms with Gasteiger partial charge in [0, 0.05) is 17.8 Å². The molecular formula is C19H15N3O3. The van der Waals surface area contributed by atoms with Gasteiger partial charge in [0.05, 0.1) is 12.3 Å². The van der Waals surface area contributed by atoms with E-state index in [0.29, 0.717) is 5.65 Å². The van der Waals surface area contributed by atoms with Gasteiger partial charge in [-0.2, -0.15) is 0 Å². The third-order valence-corrected chi connectivity index (χ3v) is 4.07. The largest absolute Gasteiger partial charge is 0.462 e. The number of nitrogens with one attached hydrogen (secondary N) is 1. The summed E-state index contributed by atoms with van der Waals surface area (Å²) in [5, 5.41) is 5.21. The third kappa shape index (κ3) is 2.48. The normalized spacial score (nSPS) is 11.1. The van der Waals surface area contributed by atoms with Gasteiger partial charge in [-0.05, 0) is 17.7 Å². The fourth-order valence-electron chi connectivity index (χ4n) is 2.91. The Hall–Kier alpha value is -3.41. The molecule has 0 spiro atoms. The summed E-state index contributed by atoms with van der Waals surface area (Å²) in [6.07, 6.45) is 1.26. The average Bonchev–Trinajstić information content (AvgIpc) is 3.07. The highest BCUT2D eigenvalue weighted by Crippen LogP contribution is 2.27. The molecule has 1 N–H and O–H groups in total. The number of hydrogen-bond acceptors (Lipinski definition) is 4. The van der Waals surface area contributed by atoms with Crippen LogP contribution in [0.25, 0.3) is 27.7 Å². The van der Waals surface area contributed by atoms with Crippen LogP contribution in [0.5, 0.6) is 0 Å². The summed E-state index contributed by atoms with van der Waals surface area (Å²) >= 11 is 0. The van der Waals surface area contributed by atoms with E-state index < -0.39 is 11.5 Å². The lowest BCUT2D eigenvalue weighted by molar-refractivity contribution is 0.0523. The number of fused-ring (bicyclic) bond motifs is 2. The highest BCUT2D eigenvalue weighted by Gasteiger charge is 2.16. The van der Waals surface area contributed by atoms with Crippen molar-refractivity contribution in [3.8, 4) is 11.3 Å². The Bertz CT molecular complexity index is 1150. The number of benzene rings is 2. The highest BCUT2D eigenvalue weighted by atomic mass is 16.5. The van der Waals surface area contributed by atoms with Gasteiger partial charge in [-0.1, -0.05) is 42.5 Å². The van der Waals surface area contributed by atoms with Crippen LogP contribution in [0, 0.1) is 0 Å². The molecule has 0 fully saturated rings. The van der Waals surface area contributed by atoms with Crippen molar-refractivity contribution < 1.29 is 9.53 Å². The van der Waals surface area contributed by atoms with E-state index in [2.05, 4.69) is 10.1 Å². The monoisotopic (exact) mass is 333 g/mol. The molecule has 2 aromatic heterocycles. The molecule has 0 saturated carbocycles. The summed E-state index contributed by atoms with van der Waals surface area (Å²) in [5.41, 5.74) is 1.59. The van der Waals surface area contributed by atoms with Crippen LogP contribution >= 0.6 is 0 Å². The molecule has 2 aromatic carbocycles. The van der Waals surface area contributed by atoms with Gasteiger partial charge in [-0.15, -0.1) is 0 Å². The first-order valence-electron chi connectivity index (χ1n) is 7.95. The lowest BCUT2D eigenvalue weighted by Crippen LogP contribution is -2.24. The smallest absolute Gasteiger partial charge is 0.345 e.